The zero-order chi connectivity index (χ0) is 12.1. The summed E-state index contributed by atoms with van der Waals surface area (Å²) >= 11 is 0. The standard InChI is InChI=1S/C13H18O4/c1-15-12-2-3-13(10(8-12)9-14)17-11-4-6-16-7-5-11/h2-3,8,11,14H,4-7,9H2,1H3. The van der Waals surface area contributed by atoms with Crippen molar-refractivity contribution in [3.8, 4) is 11.5 Å². The van der Waals surface area contributed by atoms with Gasteiger partial charge in [0.1, 0.15) is 17.6 Å². The third kappa shape index (κ3) is 3.11. The molecule has 1 N–H and O–H groups in total. The Balaban J connectivity index is 2.08. The van der Waals surface area contributed by atoms with Gasteiger partial charge in [0.25, 0.3) is 0 Å². The van der Waals surface area contributed by atoms with E-state index in [1.165, 1.54) is 0 Å². The van der Waals surface area contributed by atoms with E-state index in [4.69, 9.17) is 14.2 Å². The third-order valence-corrected chi connectivity index (χ3v) is 2.90. The molecule has 1 aromatic rings. The molecule has 0 spiro atoms. The van der Waals surface area contributed by atoms with E-state index in [1.807, 2.05) is 12.1 Å². The molecule has 1 saturated heterocycles. The van der Waals surface area contributed by atoms with Gasteiger partial charge in [-0.15, -0.1) is 0 Å². The predicted molar refractivity (Wildman–Crippen MR) is 63.4 cm³/mol. The number of rotatable bonds is 4. The Bertz CT molecular complexity index is 358. The molecule has 1 heterocycles. The van der Waals surface area contributed by atoms with Crippen molar-refractivity contribution in [3.63, 3.8) is 0 Å². The van der Waals surface area contributed by atoms with Gasteiger partial charge in [0.2, 0.25) is 0 Å². The smallest absolute Gasteiger partial charge is 0.125 e. The van der Waals surface area contributed by atoms with Crippen LogP contribution in [0, 0.1) is 0 Å². The van der Waals surface area contributed by atoms with Gasteiger partial charge in [0.05, 0.1) is 26.9 Å². The Morgan fingerprint density at radius 2 is 2.12 bits per heavy atom. The van der Waals surface area contributed by atoms with Crippen LogP contribution in [0.2, 0.25) is 0 Å². The van der Waals surface area contributed by atoms with Gasteiger partial charge in [-0.25, -0.2) is 0 Å². The van der Waals surface area contributed by atoms with E-state index >= 15 is 0 Å². The van der Waals surface area contributed by atoms with E-state index in [1.54, 1.807) is 13.2 Å². The lowest BCUT2D eigenvalue weighted by atomic mass is 10.1. The van der Waals surface area contributed by atoms with Crippen LogP contribution in [-0.2, 0) is 11.3 Å². The molecule has 0 aromatic heterocycles. The highest BCUT2D eigenvalue weighted by molar-refractivity contribution is 5.40. The van der Waals surface area contributed by atoms with E-state index in [0.29, 0.717) is 0 Å². The summed E-state index contributed by atoms with van der Waals surface area (Å²) in [6.45, 7) is 1.44. The van der Waals surface area contributed by atoms with Gasteiger partial charge in [-0.1, -0.05) is 0 Å². The Hall–Kier alpha value is -1.26. The van der Waals surface area contributed by atoms with Gasteiger partial charge in [-0.3, -0.25) is 0 Å². The molecule has 1 aliphatic rings. The zero-order valence-electron chi connectivity index (χ0n) is 10.0. The number of ether oxygens (including phenoxy) is 3. The van der Waals surface area contributed by atoms with E-state index in [2.05, 4.69) is 0 Å². The molecule has 0 radical (unpaired) electrons. The number of methoxy groups -OCH3 is 1. The largest absolute Gasteiger partial charge is 0.497 e. The van der Waals surface area contributed by atoms with Crippen molar-refractivity contribution in [3.05, 3.63) is 23.8 Å². The first-order valence-electron chi connectivity index (χ1n) is 5.85. The van der Waals surface area contributed by atoms with Crippen LogP contribution in [0.4, 0.5) is 0 Å². The summed E-state index contributed by atoms with van der Waals surface area (Å²) < 4.78 is 16.3. The molecule has 0 amide bonds. The molecule has 0 bridgehead atoms. The normalized spacial score (nSPS) is 16.8. The maximum absolute atomic E-state index is 9.31. The second kappa shape index (κ2) is 5.89. The predicted octanol–water partition coefficient (Wildman–Crippen LogP) is 1.75. The van der Waals surface area contributed by atoms with Crippen molar-refractivity contribution < 1.29 is 19.3 Å². The van der Waals surface area contributed by atoms with Gasteiger partial charge in [0.15, 0.2) is 0 Å². The van der Waals surface area contributed by atoms with E-state index < -0.39 is 0 Å². The molecule has 4 nitrogen and oxygen atoms in total. The minimum Gasteiger partial charge on any atom is -0.497 e. The van der Waals surface area contributed by atoms with Gasteiger partial charge >= 0.3 is 0 Å². The Kier molecular flexibility index (Phi) is 4.23. The van der Waals surface area contributed by atoms with Gasteiger partial charge in [-0.05, 0) is 18.2 Å². The fourth-order valence-corrected chi connectivity index (χ4v) is 1.89. The van der Waals surface area contributed by atoms with E-state index in [0.717, 1.165) is 43.1 Å². The molecular formula is C13H18O4. The Morgan fingerprint density at radius 1 is 1.35 bits per heavy atom. The van der Waals surface area contributed by atoms with Crippen LogP contribution in [-0.4, -0.2) is 31.5 Å². The lowest BCUT2D eigenvalue weighted by molar-refractivity contribution is 0.0247. The van der Waals surface area contributed by atoms with Crippen molar-refractivity contribution in [2.45, 2.75) is 25.6 Å². The second-order valence-electron chi connectivity index (χ2n) is 4.06. The lowest BCUT2D eigenvalue weighted by Gasteiger charge is -2.24. The van der Waals surface area contributed by atoms with Gasteiger partial charge in [-0.2, -0.15) is 0 Å². The second-order valence-corrected chi connectivity index (χ2v) is 4.06. The first-order chi connectivity index (χ1) is 8.33. The van der Waals surface area contributed by atoms with Gasteiger partial charge in [0, 0.05) is 18.4 Å². The SMILES string of the molecule is COc1ccc(OC2CCOCC2)c(CO)c1. The number of benzene rings is 1. The van der Waals surface area contributed by atoms with Gasteiger partial charge < -0.3 is 19.3 Å². The summed E-state index contributed by atoms with van der Waals surface area (Å²) in [5.41, 5.74) is 0.760. The van der Waals surface area contributed by atoms with Crippen LogP contribution in [0.1, 0.15) is 18.4 Å². The van der Waals surface area contributed by atoms with E-state index in [9.17, 15) is 5.11 Å². The Labute approximate surface area is 101 Å². The van der Waals surface area contributed by atoms with Crippen molar-refractivity contribution in [2.75, 3.05) is 20.3 Å². The molecule has 2 rings (SSSR count). The van der Waals surface area contributed by atoms with Crippen molar-refractivity contribution >= 4 is 0 Å². The summed E-state index contributed by atoms with van der Waals surface area (Å²) in [6, 6.07) is 5.49. The molecule has 0 atom stereocenters. The Morgan fingerprint density at radius 3 is 2.76 bits per heavy atom. The van der Waals surface area contributed by atoms with Crippen molar-refractivity contribution in [1.82, 2.24) is 0 Å². The molecular weight excluding hydrogens is 220 g/mol. The first-order valence-corrected chi connectivity index (χ1v) is 5.85. The molecule has 1 aliphatic heterocycles. The molecule has 0 aliphatic carbocycles. The average molecular weight is 238 g/mol. The van der Waals surface area contributed by atoms with Crippen molar-refractivity contribution in [1.29, 1.82) is 0 Å². The van der Waals surface area contributed by atoms with Crippen LogP contribution in [0.5, 0.6) is 11.5 Å². The third-order valence-electron chi connectivity index (χ3n) is 2.90. The van der Waals surface area contributed by atoms with Crippen LogP contribution in [0.3, 0.4) is 0 Å². The summed E-state index contributed by atoms with van der Waals surface area (Å²) in [5.74, 6) is 1.47. The summed E-state index contributed by atoms with van der Waals surface area (Å²) in [7, 11) is 1.61. The quantitative estimate of drug-likeness (QED) is 0.868. The highest BCUT2D eigenvalue weighted by atomic mass is 16.5. The fraction of sp³-hybridized carbons (Fsp3) is 0.538. The molecule has 1 fully saturated rings. The molecule has 94 valence electrons. The minimum atomic E-state index is -0.0459. The van der Waals surface area contributed by atoms with Crippen LogP contribution >= 0.6 is 0 Å². The van der Waals surface area contributed by atoms with Crippen LogP contribution < -0.4 is 9.47 Å². The molecule has 1 aromatic carbocycles. The molecule has 4 heteroatoms. The fourth-order valence-electron chi connectivity index (χ4n) is 1.89. The average Bonchev–Trinajstić information content (AvgIpc) is 2.40. The number of aliphatic hydroxyl groups is 1. The molecule has 0 saturated carbocycles. The minimum absolute atomic E-state index is 0.0459. The molecule has 0 unspecified atom stereocenters. The topological polar surface area (TPSA) is 47.9 Å². The zero-order valence-corrected chi connectivity index (χ0v) is 10.0. The first kappa shape index (κ1) is 12.2. The summed E-state index contributed by atoms with van der Waals surface area (Å²) in [6.07, 6.45) is 1.98. The molecule has 17 heavy (non-hydrogen) atoms. The van der Waals surface area contributed by atoms with Crippen LogP contribution in [0.15, 0.2) is 18.2 Å². The lowest BCUT2D eigenvalue weighted by Crippen LogP contribution is -2.26. The maximum atomic E-state index is 9.31. The number of hydrogen-bond acceptors (Lipinski definition) is 4. The number of hydrogen-bond donors (Lipinski definition) is 1. The maximum Gasteiger partial charge on any atom is 0.125 e. The summed E-state index contributed by atoms with van der Waals surface area (Å²) in [4.78, 5) is 0. The summed E-state index contributed by atoms with van der Waals surface area (Å²) in [5, 5.41) is 9.31. The highest BCUT2D eigenvalue weighted by Gasteiger charge is 2.16. The monoisotopic (exact) mass is 238 g/mol. The van der Waals surface area contributed by atoms with E-state index in [-0.39, 0.29) is 12.7 Å². The van der Waals surface area contributed by atoms with Crippen molar-refractivity contribution in [2.24, 2.45) is 0 Å². The van der Waals surface area contributed by atoms with Crippen LogP contribution in [0.25, 0.3) is 0 Å². The number of aliphatic hydroxyl groups excluding tert-OH is 1. The highest BCUT2D eigenvalue weighted by Crippen LogP contribution is 2.26.